The maximum absolute atomic E-state index is 6.07. The minimum absolute atomic E-state index is 0.893. The summed E-state index contributed by atoms with van der Waals surface area (Å²) in [6.07, 6.45) is 0. The Morgan fingerprint density at radius 1 is 0.422 bits per heavy atom. The molecular weight excluding hydrogens is 548 g/mol. The molecule has 0 spiro atoms. The number of hydrogen-bond donors (Lipinski definition) is 1. The number of benzene rings is 7. The summed E-state index contributed by atoms with van der Waals surface area (Å²) in [5.74, 6) is 0. The van der Waals surface area contributed by atoms with Crippen LogP contribution < -0.4 is 5.32 Å². The fourth-order valence-electron chi connectivity index (χ4n) is 6.66. The van der Waals surface area contributed by atoms with Crippen LogP contribution in [0.25, 0.3) is 71.7 Å². The van der Waals surface area contributed by atoms with Crippen LogP contribution in [0.5, 0.6) is 0 Å². The average molecular weight is 577 g/mol. The molecule has 212 valence electrons. The molecule has 0 saturated heterocycles. The van der Waals surface area contributed by atoms with Crippen molar-refractivity contribution in [3.63, 3.8) is 0 Å². The van der Waals surface area contributed by atoms with Gasteiger partial charge in [0.05, 0.1) is 11.0 Å². The molecule has 0 amide bonds. The Morgan fingerprint density at radius 3 is 1.96 bits per heavy atom. The number of rotatable bonds is 5. The molecule has 9 rings (SSSR count). The Labute approximate surface area is 260 Å². The third kappa shape index (κ3) is 4.29. The van der Waals surface area contributed by atoms with Crippen LogP contribution in [-0.2, 0) is 0 Å². The third-order valence-corrected chi connectivity index (χ3v) is 8.78. The predicted octanol–water partition coefficient (Wildman–Crippen LogP) is 11.8. The van der Waals surface area contributed by atoms with E-state index in [1.807, 2.05) is 12.1 Å². The quantitative estimate of drug-likeness (QED) is 0.221. The number of fused-ring (bicyclic) bond motifs is 6. The van der Waals surface area contributed by atoms with Crippen LogP contribution in [0.4, 0.5) is 11.4 Å². The summed E-state index contributed by atoms with van der Waals surface area (Å²) >= 11 is 0. The summed E-state index contributed by atoms with van der Waals surface area (Å²) in [6.45, 7) is 0. The summed E-state index contributed by atoms with van der Waals surface area (Å²) in [4.78, 5) is 0. The summed E-state index contributed by atoms with van der Waals surface area (Å²) in [6, 6.07) is 58.0. The molecule has 9 aromatic rings. The number of anilines is 2. The van der Waals surface area contributed by atoms with E-state index in [1.165, 1.54) is 44.2 Å². The molecule has 0 atom stereocenters. The normalized spacial score (nSPS) is 11.6. The summed E-state index contributed by atoms with van der Waals surface area (Å²) < 4.78 is 8.43. The van der Waals surface area contributed by atoms with Gasteiger partial charge in [-0.15, -0.1) is 0 Å². The van der Waals surface area contributed by atoms with Crippen LogP contribution in [0.15, 0.2) is 168 Å². The molecule has 7 aromatic carbocycles. The molecule has 1 N–H and O–H groups in total. The molecule has 2 aromatic heterocycles. The van der Waals surface area contributed by atoms with Crippen molar-refractivity contribution >= 4 is 55.1 Å². The Bertz CT molecular complexity index is 2510. The SMILES string of the molecule is c1ccc(-c2cc(-c3ccc4c(c3)c3ccccc3n4-c3ccccc3)ccc2Nc2ccc3oc4ccccc4c3c2)cc1. The first-order valence-electron chi connectivity index (χ1n) is 15.3. The lowest BCUT2D eigenvalue weighted by Gasteiger charge is -2.15. The van der Waals surface area contributed by atoms with Crippen LogP contribution in [-0.4, -0.2) is 4.57 Å². The average Bonchev–Trinajstić information content (AvgIpc) is 3.64. The van der Waals surface area contributed by atoms with Crippen molar-refractivity contribution in [1.29, 1.82) is 0 Å². The van der Waals surface area contributed by atoms with Gasteiger partial charge in [-0.3, -0.25) is 0 Å². The lowest BCUT2D eigenvalue weighted by Crippen LogP contribution is -1.94. The van der Waals surface area contributed by atoms with Gasteiger partial charge in [-0.1, -0.05) is 97.1 Å². The van der Waals surface area contributed by atoms with E-state index in [9.17, 15) is 0 Å². The van der Waals surface area contributed by atoms with Crippen molar-refractivity contribution in [1.82, 2.24) is 4.57 Å². The zero-order chi connectivity index (χ0) is 29.7. The first-order chi connectivity index (χ1) is 22.3. The molecule has 3 heteroatoms. The highest BCUT2D eigenvalue weighted by Crippen LogP contribution is 2.39. The molecule has 0 aliphatic rings. The van der Waals surface area contributed by atoms with Gasteiger partial charge in [0.2, 0.25) is 0 Å². The Hall–Kier alpha value is -6.06. The van der Waals surface area contributed by atoms with E-state index in [2.05, 4.69) is 162 Å². The zero-order valence-corrected chi connectivity index (χ0v) is 24.4. The van der Waals surface area contributed by atoms with Crippen LogP contribution in [0.1, 0.15) is 0 Å². The van der Waals surface area contributed by atoms with E-state index in [4.69, 9.17) is 4.42 Å². The molecule has 0 unspecified atom stereocenters. The number of furan rings is 1. The minimum Gasteiger partial charge on any atom is -0.456 e. The molecule has 0 radical (unpaired) electrons. The highest BCUT2D eigenvalue weighted by atomic mass is 16.3. The smallest absolute Gasteiger partial charge is 0.135 e. The number of nitrogens with zero attached hydrogens (tertiary/aromatic N) is 1. The van der Waals surface area contributed by atoms with Crippen molar-refractivity contribution in [2.45, 2.75) is 0 Å². The molecule has 2 heterocycles. The van der Waals surface area contributed by atoms with E-state index in [1.54, 1.807) is 0 Å². The third-order valence-electron chi connectivity index (χ3n) is 8.78. The molecule has 0 bridgehead atoms. The first-order valence-corrected chi connectivity index (χ1v) is 15.3. The van der Waals surface area contributed by atoms with E-state index >= 15 is 0 Å². The molecule has 3 nitrogen and oxygen atoms in total. The van der Waals surface area contributed by atoms with Gasteiger partial charge in [0.1, 0.15) is 11.2 Å². The molecule has 0 saturated carbocycles. The second-order valence-corrected chi connectivity index (χ2v) is 11.5. The Morgan fingerprint density at radius 2 is 1.09 bits per heavy atom. The van der Waals surface area contributed by atoms with Crippen LogP contribution >= 0.6 is 0 Å². The Balaban J connectivity index is 1.17. The monoisotopic (exact) mass is 576 g/mol. The molecule has 0 fully saturated rings. The number of aromatic nitrogens is 1. The van der Waals surface area contributed by atoms with Crippen molar-refractivity contribution in [2.24, 2.45) is 0 Å². The van der Waals surface area contributed by atoms with Gasteiger partial charge in [-0.2, -0.15) is 0 Å². The number of hydrogen-bond acceptors (Lipinski definition) is 2. The summed E-state index contributed by atoms with van der Waals surface area (Å²) in [5, 5.41) is 8.46. The highest BCUT2D eigenvalue weighted by molar-refractivity contribution is 6.10. The van der Waals surface area contributed by atoms with Gasteiger partial charge in [0.15, 0.2) is 0 Å². The predicted molar refractivity (Wildman–Crippen MR) is 189 cm³/mol. The molecular formula is C42H28N2O. The molecule has 45 heavy (non-hydrogen) atoms. The maximum atomic E-state index is 6.07. The van der Waals surface area contributed by atoms with Gasteiger partial charge in [-0.05, 0) is 83.4 Å². The zero-order valence-electron chi connectivity index (χ0n) is 24.4. The van der Waals surface area contributed by atoms with Crippen molar-refractivity contribution in [3.8, 4) is 27.9 Å². The van der Waals surface area contributed by atoms with Gasteiger partial charge in [-0.25, -0.2) is 0 Å². The number of nitrogens with one attached hydrogen (secondary N) is 1. The molecule has 0 aliphatic heterocycles. The van der Waals surface area contributed by atoms with E-state index < -0.39 is 0 Å². The fourth-order valence-corrected chi connectivity index (χ4v) is 6.66. The largest absolute Gasteiger partial charge is 0.456 e. The summed E-state index contributed by atoms with van der Waals surface area (Å²) in [5.41, 5.74) is 12.1. The van der Waals surface area contributed by atoms with Gasteiger partial charge < -0.3 is 14.3 Å². The first kappa shape index (κ1) is 25.4. The lowest BCUT2D eigenvalue weighted by atomic mass is 9.96. The topological polar surface area (TPSA) is 30.1 Å². The van der Waals surface area contributed by atoms with Gasteiger partial charge >= 0.3 is 0 Å². The Kier molecular flexibility index (Phi) is 5.82. The summed E-state index contributed by atoms with van der Waals surface area (Å²) in [7, 11) is 0. The van der Waals surface area contributed by atoms with Crippen molar-refractivity contribution in [2.75, 3.05) is 5.32 Å². The van der Waals surface area contributed by atoms with Crippen LogP contribution in [0.3, 0.4) is 0 Å². The van der Waals surface area contributed by atoms with Crippen LogP contribution in [0, 0.1) is 0 Å². The minimum atomic E-state index is 0.893. The van der Waals surface area contributed by atoms with Gasteiger partial charge in [0.25, 0.3) is 0 Å². The lowest BCUT2D eigenvalue weighted by molar-refractivity contribution is 0.669. The standard InChI is InChI=1S/C42H28N2O/c1-3-11-28(12-4-1)35-25-29(19-22-38(35)43-31-21-24-42-37(27-31)34-16-8-10-18-41(34)45-42)30-20-23-40-36(26-30)33-15-7-9-17-39(33)44(40)32-13-5-2-6-14-32/h1-27,43H. The highest BCUT2D eigenvalue weighted by Gasteiger charge is 2.15. The van der Waals surface area contributed by atoms with Crippen molar-refractivity contribution in [3.05, 3.63) is 164 Å². The van der Waals surface area contributed by atoms with E-state index in [-0.39, 0.29) is 0 Å². The van der Waals surface area contributed by atoms with Gasteiger partial charge in [0, 0.05) is 44.2 Å². The second-order valence-electron chi connectivity index (χ2n) is 11.5. The fraction of sp³-hybridized carbons (Fsp3) is 0. The molecule has 0 aliphatic carbocycles. The van der Waals surface area contributed by atoms with Crippen LogP contribution in [0.2, 0.25) is 0 Å². The second kappa shape index (κ2) is 10.3. The van der Waals surface area contributed by atoms with E-state index in [0.717, 1.165) is 38.9 Å². The van der Waals surface area contributed by atoms with E-state index in [0.29, 0.717) is 0 Å². The number of para-hydroxylation sites is 3. The maximum Gasteiger partial charge on any atom is 0.135 e. The van der Waals surface area contributed by atoms with Crippen molar-refractivity contribution < 1.29 is 4.42 Å².